The first-order valence-corrected chi connectivity index (χ1v) is 10.6. The van der Waals surface area contributed by atoms with E-state index in [2.05, 4.69) is 5.32 Å². The summed E-state index contributed by atoms with van der Waals surface area (Å²) in [4.78, 5) is 25.9. The Bertz CT molecular complexity index is 1280. The van der Waals surface area contributed by atoms with Gasteiger partial charge in [-0.1, -0.05) is 72.3 Å². The van der Waals surface area contributed by atoms with Crippen LogP contribution in [0.25, 0.3) is 22.3 Å². The molecule has 162 valence electrons. The highest BCUT2D eigenvalue weighted by molar-refractivity contribution is 5.83. The van der Waals surface area contributed by atoms with Crippen LogP contribution < -0.4 is 15.5 Å². The number of hydrogen-bond donors (Lipinski definition) is 1. The van der Waals surface area contributed by atoms with E-state index in [0.29, 0.717) is 35.3 Å². The molecule has 32 heavy (non-hydrogen) atoms. The van der Waals surface area contributed by atoms with Crippen molar-refractivity contribution >= 4 is 16.9 Å². The topological polar surface area (TPSA) is 68.5 Å². The largest absolute Gasteiger partial charge is 0.473 e. The lowest BCUT2D eigenvalue weighted by Gasteiger charge is -2.17. The normalized spacial score (nSPS) is 11.8. The lowest BCUT2D eigenvalue weighted by Crippen LogP contribution is -2.38. The van der Waals surface area contributed by atoms with Crippen molar-refractivity contribution in [2.75, 3.05) is 6.54 Å². The van der Waals surface area contributed by atoms with E-state index in [1.54, 1.807) is 25.1 Å². The van der Waals surface area contributed by atoms with Gasteiger partial charge in [-0.15, -0.1) is 0 Å². The van der Waals surface area contributed by atoms with Crippen molar-refractivity contribution in [1.29, 1.82) is 0 Å². The van der Waals surface area contributed by atoms with Gasteiger partial charge < -0.3 is 14.5 Å². The van der Waals surface area contributed by atoms with Crippen molar-refractivity contribution in [3.8, 4) is 17.1 Å². The highest BCUT2D eigenvalue weighted by Crippen LogP contribution is 2.31. The Morgan fingerprint density at radius 1 is 0.969 bits per heavy atom. The molecule has 4 aromatic rings. The van der Waals surface area contributed by atoms with Gasteiger partial charge in [-0.2, -0.15) is 0 Å². The average molecular weight is 428 g/mol. The molecule has 5 heteroatoms. The minimum absolute atomic E-state index is 0.0401. The number of benzene rings is 3. The van der Waals surface area contributed by atoms with Crippen LogP contribution in [0.2, 0.25) is 0 Å². The van der Waals surface area contributed by atoms with E-state index in [1.807, 2.05) is 67.6 Å². The van der Waals surface area contributed by atoms with Crippen molar-refractivity contribution in [2.45, 2.75) is 26.4 Å². The summed E-state index contributed by atoms with van der Waals surface area (Å²) in [5.74, 6) is 0.0687. The molecule has 0 spiro atoms. The fraction of sp³-hybridized carbons (Fsp3) is 0.185. The molecule has 0 saturated heterocycles. The van der Waals surface area contributed by atoms with Crippen LogP contribution >= 0.6 is 0 Å². The smallest absolute Gasteiger partial charge is 0.260 e. The Labute approximate surface area is 186 Å². The molecule has 4 rings (SSSR count). The predicted octanol–water partition coefficient (Wildman–Crippen LogP) is 4.89. The Hall–Kier alpha value is -3.86. The fourth-order valence-corrected chi connectivity index (χ4v) is 3.48. The Morgan fingerprint density at radius 3 is 2.41 bits per heavy atom. The predicted molar refractivity (Wildman–Crippen MR) is 126 cm³/mol. The van der Waals surface area contributed by atoms with Crippen LogP contribution in [0.3, 0.4) is 0 Å². The standard InChI is InChI=1S/C27H25NO4/c1-18-12-14-21(15-13-18)25-26(24(29)22-10-6-7-11-23(22)32-25)31-19(2)27(30)28-17-16-20-8-4-3-5-9-20/h3-15,19H,16-17H2,1-2H3,(H,28,30). The minimum atomic E-state index is -0.862. The average Bonchev–Trinajstić information content (AvgIpc) is 2.82. The van der Waals surface area contributed by atoms with Gasteiger partial charge in [0.1, 0.15) is 5.58 Å². The molecule has 1 heterocycles. The quantitative estimate of drug-likeness (QED) is 0.456. The second-order valence-corrected chi connectivity index (χ2v) is 7.74. The number of carbonyl (C=O) groups excluding carboxylic acids is 1. The summed E-state index contributed by atoms with van der Waals surface area (Å²) >= 11 is 0. The molecule has 3 aromatic carbocycles. The van der Waals surface area contributed by atoms with E-state index in [1.165, 1.54) is 0 Å². The summed E-state index contributed by atoms with van der Waals surface area (Å²) in [5.41, 5.74) is 3.11. The molecule has 5 nitrogen and oxygen atoms in total. The third-order valence-corrected chi connectivity index (χ3v) is 5.29. The van der Waals surface area contributed by atoms with E-state index in [0.717, 1.165) is 11.1 Å². The van der Waals surface area contributed by atoms with E-state index in [4.69, 9.17) is 9.15 Å². The van der Waals surface area contributed by atoms with Crippen LogP contribution in [0.4, 0.5) is 0 Å². The second-order valence-electron chi connectivity index (χ2n) is 7.74. The third-order valence-electron chi connectivity index (χ3n) is 5.29. The van der Waals surface area contributed by atoms with E-state index in [-0.39, 0.29) is 17.1 Å². The maximum Gasteiger partial charge on any atom is 0.260 e. The first kappa shape index (κ1) is 21.4. The molecule has 0 aliphatic rings. The minimum Gasteiger partial charge on any atom is -0.473 e. The molecule has 0 aliphatic carbocycles. The van der Waals surface area contributed by atoms with Crippen molar-refractivity contribution in [3.63, 3.8) is 0 Å². The summed E-state index contributed by atoms with van der Waals surface area (Å²) in [5, 5.41) is 3.29. The lowest BCUT2D eigenvalue weighted by molar-refractivity contribution is -0.127. The highest BCUT2D eigenvalue weighted by atomic mass is 16.5. The fourth-order valence-electron chi connectivity index (χ4n) is 3.48. The van der Waals surface area contributed by atoms with Gasteiger partial charge in [0.05, 0.1) is 5.39 Å². The first-order chi connectivity index (χ1) is 15.5. The summed E-state index contributed by atoms with van der Waals surface area (Å²) < 4.78 is 12.0. The van der Waals surface area contributed by atoms with Gasteiger partial charge in [-0.05, 0) is 38.0 Å². The zero-order valence-corrected chi connectivity index (χ0v) is 18.1. The third kappa shape index (κ3) is 4.72. The zero-order chi connectivity index (χ0) is 22.5. The van der Waals surface area contributed by atoms with E-state index in [9.17, 15) is 9.59 Å². The Balaban J connectivity index is 1.58. The van der Waals surface area contributed by atoms with Crippen molar-refractivity contribution < 1.29 is 13.9 Å². The van der Waals surface area contributed by atoms with Gasteiger partial charge in [0.25, 0.3) is 5.91 Å². The first-order valence-electron chi connectivity index (χ1n) is 10.6. The van der Waals surface area contributed by atoms with Crippen LogP contribution in [0.15, 0.2) is 88.1 Å². The molecule has 1 atom stereocenters. The maximum atomic E-state index is 13.2. The van der Waals surface area contributed by atoms with E-state index >= 15 is 0 Å². The molecule has 1 amide bonds. The number of rotatable bonds is 7. The van der Waals surface area contributed by atoms with Gasteiger partial charge >= 0.3 is 0 Å². The lowest BCUT2D eigenvalue weighted by atomic mass is 10.1. The van der Waals surface area contributed by atoms with Crippen LogP contribution in [0, 0.1) is 6.92 Å². The summed E-state index contributed by atoms with van der Waals surface area (Å²) in [7, 11) is 0. The molecular weight excluding hydrogens is 402 g/mol. The molecule has 0 radical (unpaired) electrons. The van der Waals surface area contributed by atoms with Gasteiger partial charge in [0.2, 0.25) is 11.2 Å². The van der Waals surface area contributed by atoms with E-state index < -0.39 is 6.10 Å². The van der Waals surface area contributed by atoms with Crippen molar-refractivity contribution in [3.05, 3.63) is 100 Å². The molecular formula is C27H25NO4. The van der Waals surface area contributed by atoms with Gasteiger partial charge in [0.15, 0.2) is 11.9 Å². The number of amides is 1. The zero-order valence-electron chi connectivity index (χ0n) is 18.1. The monoisotopic (exact) mass is 427 g/mol. The van der Waals surface area contributed by atoms with Crippen molar-refractivity contribution in [2.24, 2.45) is 0 Å². The molecule has 0 bridgehead atoms. The molecule has 0 aliphatic heterocycles. The Kier molecular flexibility index (Phi) is 6.36. The van der Waals surface area contributed by atoms with Crippen LogP contribution in [0.5, 0.6) is 5.75 Å². The van der Waals surface area contributed by atoms with Crippen molar-refractivity contribution in [1.82, 2.24) is 5.32 Å². The number of carbonyl (C=O) groups is 1. The summed E-state index contributed by atoms with van der Waals surface area (Å²) in [6, 6.07) is 24.6. The number of ether oxygens (including phenoxy) is 1. The summed E-state index contributed by atoms with van der Waals surface area (Å²) in [6.07, 6.45) is -0.148. The number of fused-ring (bicyclic) bond motifs is 1. The van der Waals surface area contributed by atoms with Gasteiger partial charge in [-0.25, -0.2) is 0 Å². The molecule has 0 saturated carbocycles. The molecule has 1 unspecified atom stereocenters. The molecule has 1 N–H and O–H groups in total. The number of aryl methyl sites for hydroxylation is 1. The van der Waals surface area contributed by atoms with Crippen LogP contribution in [-0.2, 0) is 11.2 Å². The molecule has 0 fully saturated rings. The number of para-hydroxylation sites is 1. The number of hydrogen-bond acceptors (Lipinski definition) is 4. The highest BCUT2D eigenvalue weighted by Gasteiger charge is 2.22. The number of nitrogens with one attached hydrogen (secondary N) is 1. The Morgan fingerprint density at radius 2 is 1.66 bits per heavy atom. The van der Waals surface area contributed by atoms with Gasteiger partial charge in [-0.3, -0.25) is 9.59 Å². The summed E-state index contributed by atoms with van der Waals surface area (Å²) in [6.45, 7) is 4.10. The van der Waals surface area contributed by atoms with Gasteiger partial charge in [0, 0.05) is 12.1 Å². The molecule has 1 aromatic heterocycles. The SMILES string of the molecule is Cc1ccc(-c2oc3ccccc3c(=O)c2OC(C)C(=O)NCCc2ccccc2)cc1. The second kappa shape index (κ2) is 9.52. The van der Waals surface area contributed by atoms with Crippen LogP contribution in [-0.4, -0.2) is 18.6 Å². The maximum absolute atomic E-state index is 13.2. The van der Waals surface area contributed by atoms with Crippen LogP contribution in [0.1, 0.15) is 18.1 Å².